The van der Waals surface area contributed by atoms with Crippen molar-refractivity contribution < 1.29 is 4.79 Å². The number of amides is 1. The fourth-order valence-electron chi connectivity index (χ4n) is 4.20. The summed E-state index contributed by atoms with van der Waals surface area (Å²) in [4.78, 5) is 32.2. The number of nitrogens with one attached hydrogen (secondary N) is 1. The van der Waals surface area contributed by atoms with Crippen LogP contribution in [-0.2, 0) is 4.79 Å². The van der Waals surface area contributed by atoms with Gasteiger partial charge in [0, 0.05) is 18.7 Å². The van der Waals surface area contributed by atoms with Crippen molar-refractivity contribution in [3.05, 3.63) is 36.7 Å². The first kappa shape index (κ1) is 17.8. The highest BCUT2D eigenvalue weighted by atomic mass is 16.2. The third kappa shape index (κ3) is 4.23. The monoisotopic (exact) mass is 366 g/mol. The van der Waals surface area contributed by atoms with Crippen LogP contribution in [0.3, 0.4) is 0 Å². The van der Waals surface area contributed by atoms with Gasteiger partial charge in [0.1, 0.15) is 6.33 Å². The van der Waals surface area contributed by atoms with Crippen molar-refractivity contribution in [2.24, 2.45) is 5.92 Å². The van der Waals surface area contributed by atoms with E-state index < -0.39 is 0 Å². The van der Waals surface area contributed by atoms with E-state index in [-0.39, 0.29) is 12.0 Å². The highest BCUT2D eigenvalue weighted by Gasteiger charge is 2.33. The van der Waals surface area contributed by atoms with Crippen molar-refractivity contribution in [1.82, 2.24) is 24.8 Å². The Morgan fingerprint density at radius 3 is 2.63 bits per heavy atom. The van der Waals surface area contributed by atoms with E-state index >= 15 is 0 Å². The largest absolute Gasteiger partial charge is 0.334 e. The minimum absolute atomic E-state index is 0.0451. The Hall–Kier alpha value is -2.57. The van der Waals surface area contributed by atoms with Crippen molar-refractivity contribution in [3.8, 4) is 0 Å². The molecule has 2 aliphatic rings. The van der Waals surface area contributed by atoms with Gasteiger partial charge in [0.25, 0.3) is 0 Å². The molecule has 7 nitrogen and oxygen atoms in total. The van der Waals surface area contributed by atoms with E-state index in [1.807, 2.05) is 6.07 Å². The summed E-state index contributed by atoms with van der Waals surface area (Å²) >= 11 is 0. The molecule has 1 N–H and O–H groups in total. The van der Waals surface area contributed by atoms with Crippen LogP contribution in [0, 0.1) is 5.92 Å². The molecule has 4 rings (SSSR count). The Balaban J connectivity index is 1.53. The third-order valence-electron chi connectivity index (χ3n) is 5.58. The molecule has 1 atom stereocenters. The maximum Gasteiger partial charge on any atom is 0.227 e. The van der Waals surface area contributed by atoms with Crippen LogP contribution >= 0.6 is 0 Å². The number of rotatable bonds is 4. The molecule has 1 amide bonds. The first-order chi connectivity index (χ1) is 13.3. The lowest BCUT2D eigenvalue weighted by molar-refractivity contribution is -0.140. The normalized spacial score (nSPS) is 21.0. The van der Waals surface area contributed by atoms with E-state index in [2.05, 4.69) is 25.2 Å². The number of piperidine rings is 1. The summed E-state index contributed by atoms with van der Waals surface area (Å²) < 4.78 is 0. The van der Waals surface area contributed by atoms with Crippen molar-refractivity contribution in [2.75, 3.05) is 11.9 Å². The van der Waals surface area contributed by atoms with Gasteiger partial charge in [-0.3, -0.25) is 4.79 Å². The molecule has 0 spiro atoms. The van der Waals surface area contributed by atoms with Crippen LogP contribution in [0.25, 0.3) is 0 Å². The zero-order valence-corrected chi connectivity index (χ0v) is 15.5. The van der Waals surface area contributed by atoms with Gasteiger partial charge in [0.2, 0.25) is 11.9 Å². The van der Waals surface area contributed by atoms with Gasteiger partial charge < -0.3 is 10.2 Å². The molecule has 27 heavy (non-hydrogen) atoms. The molecule has 0 aromatic carbocycles. The Labute approximate surface area is 159 Å². The predicted octanol–water partition coefficient (Wildman–Crippen LogP) is 3.64. The van der Waals surface area contributed by atoms with E-state index in [9.17, 15) is 4.79 Å². The molecule has 0 bridgehead atoms. The fourth-order valence-corrected chi connectivity index (χ4v) is 4.20. The summed E-state index contributed by atoms with van der Waals surface area (Å²) in [7, 11) is 0. The fraction of sp³-hybridized carbons (Fsp3) is 0.550. The van der Waals surface area contributed by atoms with Crippen LogP contribution in [-0.4, -0.2) is 37.3 Å². The number of hydrogen-bond donors (Lipinski definition) is 1. The Morgan fingerprint density at radius 2 is 1.81 bits per heavy atom. The molecule has 1 unspecified atom stereocenters. The summed E-state index contributed by atoms with van der Waals surface area (Å²) in [6.07, 6.45) is 15.5. The van der Waals surface area contributed by atoms with Crippen LogP contribution < -0.4 is 5.32 Å². The second-order valence-corrected chi connectivity index (χ2v) is 7.44. The van der Waals surface area contributed by atoms with Gasteiger partial charge in [0.15, 0.2) is 0 Å². The molecule has 0 radical (unpaired) electrons. The summed E-state index contributed by atoms with van der Waals surface area (Å²) in [5.74, 6) is 1.03. The topological polar surface area (TPSA) is 83.9 Å². The summed E-state index contributed by atoms with van der Waals surface area (Å²) in [6, 6.07) is 1.98. The van der Waals surface area contributed by atoms with Crippen molar-refractivity contribution in [2.45, 2.75) is 57.4 Å². The van der Waals surface area contributed by atoms with E-state index in [0.717, 1.165) is 50.0 Å². The lowest BCUT2D eigenvalue weighted by Gasteiger charge is -2.38. The van der Waals surface area contributed by atoms with Gasteiger partial charge in [0.05, 0.1) is 29.8 Å². The molecule has 1 saturated carbocycles. The minimum Gasteiger partial charge on any atom is -0.334 e. The lowest BCUT2D eigenvalue weighted by Crippen LogP contribution is -2.42. The molecular weight excluding hydrogens is 340 g/mol. The molecule has 1 aliphatic heterocycles. The second kappa shape index (κ2) is 8.41. The number of likely N-dealkylation sites (tertiary alicyclic amines) is 1. The van der Waals surface area contributed by atoms with Gasteiger partial charge in [-0.05, 0) is 38.2 Å². The molecular formula is C20H26N6O. The first-order valence-electron chi connectivity index (χ1n) is 9.97. The van der Waals surface area contributed by atoms with Gasteiger partial charge in [-0.25, -0.2) is 19.9 Å². The summed E-state index contributed by atoms with van der Waals surface area (Å²) in [6.45, 7) is 0.833. The third-order valence-corrected chi connectivity index (χ3v) is 5.58. The molecule has 3 heterocycles. The Morgan fingerprint density at radius 1 is 1.04 bits per heavy atom. The maximum absolute atomic E-state index is 13.2. The standard InChI is InChI=1S/C20H26N6O/c27-19(15-6-2-1-3-7-15)26-11-5-4-8-18(26)17-9-10-23-20(25-17)24-16-12-21-14-22-13-16/h9-10,12-15,18H,1-8,11H2,(H,23,24,25). The Bertz CT molecular complexity index is 762. The maximum atomic E-state index is 13.2. The van der Waals surface area contributed by atoms with Crippen molar-refractivity contribution in [1.29, 1.82) is 0 Å². The second-order valence-electron chi connectivity index (χ2n) is 7.44. The van der Waals surface area contributed by atoms with E-state index in [1.165, 1.54) is 25.6 Å². The number of nitrogens with zero attached hydrogens (tertiary/aromatic N) is 5. The predicted molar refractivity (Wildman–Crippen MR) is 102 cm³/mol. The number of carbonyl (C=O) groups is 1. The summed E-state index contributed by atoms with van der Waals surface area (Å²) in [5, 5.41) is 3.14. The molecule has 2 aromatic heterocycles. The van der Waals surface area contributed by atoms with Crippen molar-refractivity contribution >= 4 is 17.5 Å². The number of hydrogen-bond acceptors (Lipinski definition) is 6. The highest BCUT2D eigenvalue weighted by Crippen LogP contribution is 2.34. The molecule has 2 aromatic rings. The van der Waals surface area contributed by atoms with Crippen LogP contribution in [0.1, 0.15) is 63.1 Å². The van der Waals surface area contributed by atoms with Gasteiger partial charge >= 0.3 is 0 Å². The SMILES string of the molecule is O=C(C1CCCCC1)N1CCCCC1c1ccnc(Nc2cncnc2)n1. The van der Waals surface area contributed by atoms with Crippen LogP contribution in [0.4, 0.5) is 11.6 Å². The van der Waals surface area contributed by atoms with E-state index in [0.29, 0.717) is 11.9 Å². The number of aromatic nitrogens is 4. The molecule has 142 valence electrons. The van der Waals surface area contributed by atoms with Crippen LogP contribution in [0.5, 0.6) is 0 Å². The zero-order valence-electron chi connectivity index (χ0n) is 15.5. The van der Waals surface area contributed by atoms with Crippen molar-refractivity contribution in [3.63, 3.8) is 0 Å². The highest BCUT2D eigenvalue weighted by molar-refractivity contribution is 5.79. The molecule has 1 aliphatic carbocycles. The summed E-state index contributed by atoms with van der Waals surface area (Å²) in [5.41, 5.74) is 1.65. The minimum atomic E-state index is 0.0451. The average molecular weight is 366 g/mol. The first-order valence-corrected chi connectivity index (χ1v) is 9.97. The Kier molecular flexibility index (Phi) is 5.55. The molecule has 1 saturated heterocycles. The van der Waals surface area contributed by atoms with Crippen LogP contribution in [0.2, 0.25) is 0 Å². The van der Waals surface area contributed by atoms with E-state index in [1.54, 1.807) is 18.6 Å². The van der Waals surface area contributed by atoms with Gasteiger partial charge in [-0.2, -0.15) is 0 Å². The van der Waals surface area contributed by atoms with E-state index in [4.69, 9.17) is 4.98 Å². The smallest absolute Gasteiger partial charge is 0.227 e. The average Bonchev–Trinajstić information content (AvgIpc) is 2.75. The van der Waals surface area contributed by atoms with Gasteiger partial charge in [-0.1, -0.05) is 19.3 Å². The number of anilines is 2. The quantitative estimate of drug-likeness (QED) is 0.889. The zero-order chi connectivity index (χ0) is 18.5. The molecule has 2 fully saturated rings. The van der Waals surface area contributed by atoms with Gasteiger partial charge in [-0.15, -0.1) is 0 Å². The van der Waals surface area contributed by atoms with Crippen LogP contribution in [0.15, 0.2) is 31.0 Å². The molecule has 7 heteroatoms. The lowest BCUT2D eigenvalue weighted by atomic mass is 9.87. The number of carbonyl (C=O) groups excluding carboxylic acids is 1.